The Morgan fingerprint density at radius 3 is 2.18 bits per heavy atom. The summed E-state index contributed by atoms with van der Waals surface area (Å²) in [6.07, 6.45) is 0.143. The third-order valence-electron chi connectivity index (χ3n) is 3.60. The average molecular weight is 436 g/mol. The van der Waals surface area contributed by atoms with Crippen molar-refractivity contribution in [2.75, 3.05) is 13.0 Å². The number of ether oxygens (including phenoxy) is 2. The SMILES string of the molecule is COc1ccc(CCC(=O)c2c(O)cc(OCS(=O)(=O)[O-])cc2O)cc1O.[K+]. The molecule has 0 aliphatic rings. The molecule has 0 saturated carbocycles. The Bertz CT molecular complexity index is 934. The molecule has 2 rings (SSSR count). The van der Waals surface area contributed by atoms with Gasteiger partial charge in [0.2, 0.25) is 0 Å². The van der Waals surface area contributed by atoms with Gasteiger partial charge in [-0.05, 0) is 24.1 Å². The third-order valence-corrected chi connectivity index (χ3v) is 4.01. The van der Waals surface area contributed by atoms with E-state index in [-0.39, 0.29) is 87.0 Å². The van der Waals surface area contributed by atoms with Crippen LogP contribution in [0.5, 0.6) is 28.7 Å². The fourth-order valence-electron chi connectivity index (χ4n) is 2.37. The molecule has 0 aliphatic heterocycles. The van der Waals surface area contributed by atoms with Gasteiger partial charge in [-0.1, -0.05) is 6.07 Å². The predicted molar refractivity (Wildman–Crippen MR) is 92.3 cm³/mol. The number of rotatable bonds is 8. The molecule has 2 aromatic carbocycles. The van der Waals surface area contributed by atoms with E-state index in [2.05, 4.69) is 4.74 Å². The van der Waals surface area contributed by atoms with Crippen molar-refractivity contribution in [2.24, 2.45) is 0 Å². The monoisotopic (exact) mass is 436 g/mol. The molecule has 0 radical (unpaired) electrons. The van der Waals surface area contributed by atoms with Crippen LogP contribution in [0.3, 0.4) is 0 Å². The Kier molecular flexibility index (Phi) is 9.21. The van der Waals surface area contributed by atoms with Gasteiger partial charge >= 0.3 is 51.4 Å². The van der Waals surface area contributed by atoms with Crippen molar-refractivity contribution in [3.8, 4) is 28.7 Å². The topological polar surface area (TPSA) is 153 Å². The zero-order valence-electron chi connectivity index (χ0n) is 15.2. The number of hydrogen-bond donors (Lipinski definition) is 3. The summed E-state index contributed by atoms with van der Waals surface area (Å²) in [4.78, 5) is 12.3. The van der Waals surface area contributed by atoms with E-state index in [0.29, 0.717) is 5.56 Å². The van der Waals surface area contributed by atoms with E-state index < -0.39 is 33.3 Å². The summed E-state index contributed by atoms with van der Waals surface area (Å²) in [5.74, 6) is -3.06. The first-order valence-electron chi connectivity index (χ1n) is 7.62. The molecule has 0 aliphatic carbocycles. The zero-order chi connectivity index (χ0) is 20.2. The summed E-state index contributed by atoms with van der Waals surface area (Å²) < 4.78 is 41.2. The molecule has 28 heavy (non-hydrogen) atoms. The third kappa shape index (κ3) is 6.92. The first kappa shape index (κ1) is 24.7. The summed E-state index contributed by atoms with van der Waals surface area (Å²) in [6.45, 7) is 0. The number of aromatic hydroxyl groups is 3. The fraction of sp³-hybridized carbons (Fsp3) is 0.235. The molecule has 2 aromatic rings. The van der Waals surface area contributed by atoms with Gasteiger partial charge in [0.05, 0.1) is 7.11 Å². The molecule has 0 amide bonds. The van der Waals surface area contributed by atoms with Gasteiger partial charge in [0.1, 0.15) is 32.9 Å². The number of Topliss-reactive ketones (excluding diaryl/α,β-unsaturated/α-hetero) is 1. The van der Waals surface area contributed by atoms with Gasteiger partial charge in [-0.2, -0.15) is 0 Å². The molecule has 0 fully saturated rings. The van der Waals surface area contributed by atoms with Gasteiger partial charge < -0.3 is 29.3 Å². The molecule has 0 aromatic heterocycles. The Balaban J connectivity index is 0.00000392. The summed E-state index contributed by atoms with van der Waals surface area (Å²) in [7, 11) is -3.25. The molecule has 0 bridgehead atoms. The maximum absolute atomic E-state index is 12.3. The number of ketones is 1. The second kappa shape index (κ2) is 10.4. The van der Waals surface area contributed by atoms with Crippen molar-refractivity contribution in [3.63, 3.8) is 0 Å². The summed E-state index contributed by atoms with van der Waals surface area (Å²) >= 11 is 0. The predicted octanol–water partition coefficient (Wildman–Crippen LogP) is -1.49. The van der Waals surface area contributed by atoms with Gasteiger partial charge in [0.15, 0.2) is 23.2 Å². The molecule has 0 saturated heterocycles. The van der Waals surface area contributed by atoms with Crippen LogP contribution < -0.4 is 60.9 Å². The van der Waals surface area contributed by atoms with Crippen LogP contribution in [0.25, 0.3) is 0 Å². The standard InChI is InChI=1S/C17H18O9S.K/c1-25-16-5-3-10(6-13(16)19)2-4-12(18)17-14(20)7-11(8-15(17)21)26-9-27(22,23)24;/h3,5-8,19-21H,2,4,9H2,1H3,(H,22,23,24);/q;+1/p-1. The number of hydrogen-bond acceptors (Lipinski definition) is 9. The van der Waals surface area contributed by atoms with Crippen LogP contribution in [0.2, 0.25) is 0 Å². The zero-order valence-corrected chi connectivity index (χ0v) is 19.1. The molecular weight excluding hydrogens is 419 g/mol. The van der Waals surface area contributed by atoms with Crippen molar-refractivity contribution in [3.05, 3.63) is 41.5 Å². The minimum absolute atomic E-state index is 0. The number of phenols is 3. The van der Waals surface area contributed by atoms with Crippen LogP contribution in [0.1, 0.15) is 22.3 Å². The largest absolute Gasteiger partial charge is 1.00 e. The number of aryl methyl sites for hydroxylation is 1. The van der Waals surface area contributed by atoms with Crippen LogP contribution in [-0.2, 0) is 16.5 Å². The van der Waals surface area contributed by atoms with Gasteiger partial charge in [-0.25, -0.2) is 8.42 Å². The molecular formula is C17H17KO9S. The number of phenolic OH excluding ortho intramolecular Hbond substituents is 3. The molecule has 0 spiro atoms. The number of methoxy groups -OCH3 is 1. The Morgan fingerprint density at radius 1 is 1.07 bits per heavy atom. The van der Waals surface area contributed by atoms with Crippen LogP contribution in [0.4, 0.5) is 0 Å². The Labute approximate surface area is 204 Å². The number of carbonyl (C=O) groups excluding carboxylic acids is 1. The number of carbonyl (C=O) groups is 1. The van der Waals surface area contributed by atoms with E-state index in [9.17, 15) is 33.1 Å². The van der Waals surface area contributed by atoms with Gasteiger partial charge in [0, 0.05) is 18.6 Å². The minimum Gasteiger partial charge on any atom is -0.745 e. The van der Waals surface area contributed by atoms with Crippen molar-refractivity contribution in [1.29, 1.82) is 0 Å². The van der Waals surface area contributed by atoms with Crippen molar-refractivity contribution < 1.29 is 93.9 Å². The van der Waals surface area contributed by atoms with Crippen LogP contribution >= 0.6 is 0 Å². The Hall–Kier alpha value is -1.34. The van der Waals surface area contributed by atoms with Crippen LogP contribution in [0, 0.1) is 0 Å². The maximum Gasteiger partial charge on any atom is 1.00 e. The first-order valence-corrected chi connectivity index (χ1v) is 9.20. The van der Waals surface area contributed by atoms with Crippen molar-refractivity contribution >= 4 is 15.9 Å². The second-order valence-electron chi connectivity index (χ2n) is 5.59. The number of benzene rings is 2. The van der Waals surface area contributed by atoms with Gasteiger partial charge in [-0.15, -0.1) is 0 Å². The van der Waals surface area contributed by atoms with E-state index in [0.717, 1.165) is 12.1 Å². The van der Waals surface area contributed by atoms with Crippen LogP contribution in [-0.4, -0.2) is 47.1 Å². The van der Waals surface area contributed by atoms with Crippen LogP contribution in [0.15, 0.2) is 30.3 Å². The molecule has 3 N–H and O–H groups in total. The van der Waals surface area contributed by atoms with E-state index >= 15 is 0 Å². The normalized spacial score (nSPS) is 10.8. The fourth-order valence-corrected chi connectivity index (χ4v) is 2.65. The molecule has 0 atom stereocenters. The van der Waals surface area contributed by atoms with Crippen molar-refractivity contribution in [2.45, 2.75) is 12.8 Å². The second-order valence-corrected chi connectivity index (χ2v) is 6.94. The minimum atomic E-state index is -4.65. The Morgan fingerprint density at radius 2 is 1.68 bits per heavy atom. The summed E-state index contributed by atoms with van der Waals surface area (Å²) in [5, 5.41) is 29.6. The maximum atomic E-state index is 12.3. The smallest absolute Gasteiger partial charge is 0.745 e. The van der Waals surface area contributed by atoms with Gasteiger partial charge in [-0.3, -0.25) is 4.79 Å². The van der Waals surface area contributed by atoms with E-state index in [1.807, 2.05) is 0 Å². The molecule has 9 nitrogen and oxygen atoms in total. The molecule has 0 unspecified atom stereocenters. The molecule has 0 heterocycles. The molecule has 11 heteroatoms. The first-order chi connectivity index (χ1) is 12.6. The molecule has 146 valence electrons. The summed E-state index contributed by atoms with van der Waals surface area (Å²) in [5.41, 5.74) is 0.284. The van der Waals surface area contributed by atoms with Gasteiger partial charge in [0.25, 0.3) is 0 Å². The quantitative estimate of drug-likeness (QED) is 0.255. The van der Waals surface area contributed by atoms with E-state index in [4.69, 9.17) is 4.74 Å². The van der Waals surface area contributed by atoms with E-state index in [1.54, 1.807) is 12.1 Å². The summed E-state index contributed by atoms with van der Waals surface area (Å²) in [6, 6.07) is 6.49. The van der Waals surface area contributed by atoms with E-state index in [1.165, 1.54) is 13.2 Å². The average Bonchev–Trinajstić information content (AvgIpc) is 2.57. The van der Waals surface area contributed by atoms with Crippen molar-refractivity contribution in [1.82, 2.24) is 0 Å².